The second-order valence-electron chi connectivity index (χ2n) is 4.55. The van der Waals surface area contributed by atoms with Crippen LogP contribution in [0.1, 0.15) is 24.2 Å². The van der Waals surface area contributed by atoms with Gasteiger partial charge in [0.1, 0.15) is 0 Å². The minimum Gasteiger partial charge on any atom is -0.369 e. The molecule has 102 valence electrons. The zero-order chi connectivity index (χ0) is 13.8. The van der Waals surface area contributed by atoms with Crippen molar-refractivity contribution in [3.05, 3.63) is 45.4 Å². The van der Waals surface area contributed by atoms with Crippen LogP contribution in [0.4, 0.5) is 5.69 Å². The van der Waals surface area contributed by atoms with Gasteiger partial charge < -0.3 is 10.2 Å². The summed E-state index contributed by atoms with van der Waals surface area (Å²) in [6, 6.07) is 6.44. The number of nitrogens with one attached hydrogen (secondary N) is 1. The van der Waals surface area contributed by atoms with Gasteiger partial charge in [-0.2, -0.15) is 0 Å². The molecule has 0 bridgehead atoms. The van der Waals surface area contributed by atoms with Crippen LogP contribution < -0.4 is 10.2 Å². The Morgan fingerprint density at radius 2 is 2.26 bits per heavy atom. The van der Waals surface area contributed by atoms with Gasteiger partial charge in [0.25, 0.3) is 0 Å². The lowest BCUT2D eigenvalue weighted by Crippen LogP contribution is -2.17. The molecule has 0 saturated carbocycles. The number of anilines is 1. The minimum atomic E-state index is 0.255. The zero-order valence-electron chi connectivity index (χ0n) is 11.4. The summed E-state index contributed by atoms with van der Waals surface area (Å²) in [6.07, 6.45) is 0. The van der Waals surface area contributed by atoms with E-state index in [0.717, 1.165) is 28.5 Å². The van der Waals surface area contributed by atoms with Crippen molar-refractivity contribution in [1.29, 1.82) is 0 Å². The fourth-order valence-corrected chi connectivity index (χ4v) is 2.80. The second kappa shape index (κ2) is 6.37. The molecule has 2 rings (SSSR count). The summed E-state index contributed by atoms with van der Waals surface area (Å²) in [6.45, 7) is 2.89. The predicted molar refractivity (Wildman–Crippen MR) is 83.1 cm³/mol. The van der Waals surface area contributed by atoms with E-state index in [4.69, 9.17) is 11.6 Å². The molecule has 0 aliphatic carbocycles. The molecule has 1 heterocycles. The van der Waals surface area contributed by atoms with Crippen LogP contribution in [-0.4, -0.2) is 19.1 Å². The van der Waals surface area contributed by atoms with E-state index in [9.17, 15) is 0 Å². The van der Waals surface area contributed by atoms with Crippen molar-refractivity contribution in [2.45, 2.75) is 19.5 Å². The van der Waals surface area contributed by atoms with Crippen molar-refractivity contribution in [3.63, 3.8) is 0 Å². The molecule has 0 fully saturated rings. The number of hydrogen-bond donors (Lipinski definition) is 1. The van der Waals surface area contributed by atoms with Crippen LogP contribution in [0.15, 0.2) is 29.1 Å². The van der Waals surface area contributed by atoms with Crippen LogP contribution in [0.25, 0.3) is 0 Å². The van der Waals surface area contributed by atoms with E-state index in [2.05, 4.69) is 39.6 Å². The Morgan fingerprint density at radius 3 is 2.84 bits per heavy atom. The van der Waals surface area contributed by atoms with E-state index in [1.165, 1.54) is 0 Å². The summed E-state index contributed by atoms with van der Waals surface area (Å²) < 4.78 is 0. The lowest BCUT2D eigenvalue weighted by atomic mass is 10.1. The Balaban J connectivity index is 2.15. The topological polar surface area (TPSA) is 28.2 Å². The van der Waals surface area contributed by atoms with Gasteiger partial charge in [-0.3, -0.25) is 0 Å². The van der Waals surface area contributed by atoms with Crippen molar-refractivity contribution < 1.29 is 0 Å². The summed E-state index contributed by atoms with van der Waals surface area (Å²) in [5.41, 5.74) is 5.16. The van der Waals surface area contributed by atoms with E-state index >= 15 is 0 Å². The molecule has 1 N–H and O–H groups in total. The van der Waals surface area contributed by atoms with E-state index < -0.39 is 0 Å². The zero-order valence-corrected chi connectivity index (χ0v) is 12.9. The highest BCUT2D eigenvalue weighted by molar-refractivity contribution is 7.07. The van der Waals surface area contributed by atoms with Crippen LogP contribution in [-0.2, 0) is 6.54 Å². The number of halogens is 1. The fraction of sp³-hybridized carbons (Fsp3) is 0.357. The van der Waals surface area contributed by atoms with Gasteiger partial charge in [-0.25, -0.2) is 4.98 Å². The van der Waals surface area contributed by atoms with Crippen molar-refractivity contribution in [1.82, 2.24) is 10.3 Å². The molecular formula is C14H18ClN3S. The van der Waals surface area contributed by atoms with Crippen LogP contribution in [0.5, 0.6) is 0 Å². The van der Waals surface area contributed by atoms with Crippen molar-refractivity contribution in [3.8, 4) is 0 Å². The highest BCUT2D eigenvalue weighted by atomic mass is 35.5. The first-order valence-electron chi connectivity index (χ1n) is 6.16. The molecule has 0 aliphatic heterocycles. The van der Waals surface area contributed by atoms with E-state index in [1.807, 2.05) is 25.7 Å². The molecule has 1 atom stereocenters. The smallest absolute Gasteiger partial charge is 0.0795 e. The number of benzene rings is 1. The maximum absolute atomic E-state index is 6.35. The van der Waals surface area contributed by atoms with Crippen LogP contribution in [0, 0.1) is 0 Å². The molecular weight excluding hydrogens is 278 g/mol. The standard InChI is InChI=1S/C14H18ClN3S/c1-10(16-2)13-5-4-12(6-14(13)15)18(3)7-11-8-19-9-17-11/h4-6,8-10,16H,7H2,1-3H3. The van der Waals surface area contributed by atoms with Crippen LogP contribution in [0.2, 0.25) is 5.02 Å². The molecule has 0 aliphatic rings. The summed E-state index contributed by atoms with van der Waals surface area (Å²) >= 11 is 7.97. The number of thiazole rings is 1. The number of aromatic nitrogens is 1. The monoisotopic (exact) mass is 295 g/mol. The second-order valence-corrected chi connectivity index (χ2v) is 5.68. The third kappa shape index (κ3) is 3.47. The lowest BCUT2D eigenvalue weighted by Gasteiger charge is -2.20. The van der Waals surface area contributed by atoms with Crippen molar-refractivity contribution in [2.75, 3.05) is 19.0 Å². The lowest BCUT2D eigenvalue weighted by molar-refractivity contribution is 0.652. The van der Waals surface area contributed by atoms with E-state index in [0.29, 0.717) is 0 Å². The van der Waals surface area contributed by atoms with Gasteiger partial charge in [-0.1, -0.05) is 17.7 Å². The maximum Gasteiger partial charge on any atom is 0.0795 e. The first kappa shape index (κ1) is 14.3. The highest BCUT2D eigenvalue weighted by Gasteiger charge is 2.10. The molecule has 2 aromatic rings. The van der Waals surface area contributed by atoms with Gasteiger partial charge in [0, 0.05) is 29.2 Å². The Bertz CT molecular complexity index is 527. The van der Waals surface area contributed by atoms with Crippen molar-refractivity contribution in [2.24, 2.45) is 0 Å². The molecule has 1 aromatic heterocycles. The summed E-state index contributed by atoms with van der Waals surface area (Å²) in [7, 11) is 3.98. The third-order valence-corrected chi connectivity index (χ3v) is 4.17. The first-order chi connectivity index (χ1) is 9.11. The normalized spacial score (nSPS) is 12.4. The predicted octanol–water partition coefficient (Wildman–Crippen LogP) is 3.71. The maximum atomic E-state index is 6.35. The highest BCUT2D eigenvalue weighted by Crippen LogP contribution is 2.28. The molecule has 0 spiro atoms. The fourth-order valence-electron chi connectivity index (χ4n) is 1.91. The number of rotatable bonds is 5. The van der Waals surface area contributed by atoms with Crippen LogP contribution in [0.3, 0.4) is 0 Å². The largest absolute Gasteiger partial charge is 0.369 e. The Hall–Kier alpha value is -1.10. The van der Waals surface area contributed by atoms with Gasteiger partial charge in [-0.05, 0) is 31.7 Å². The molecule has 1 unspecified atom stereocenters. The third-order valence-electron chi connectivity index (χ3n) is 3.21. The molecule has 5 heteroatoms. The van der Waals surface area contributed by atoms with Gasteiger partial charge in [0.2, 0.25) is 0 Å². The van der Waals surface area contributed by atoms with E-state index in [1.54, 1.807) is 11.3 Å². The number of hydrogen-bond acceptors (Lipinski definition) is 4. The Labute approximate surface area is 123 Å². The van der Waals surface area contributed by atoms with Gasteiger partial charge in [-0.15, -0.1) is 11.3 Å². The molecule has 3 nitrogen and oxygen atoms in total. The first-order valence-corrected chi connectivity index (χ1v) is 7.48. The molecule has 19 heavy (non-hydrogen) atoms. The average molecular weight is 296 g/mol. The Kier molecular flexibility index (Phi) is 4.80. The van der Waals surface area contributed by atoms with Gasteiger partial charge in [0.15, 0.2) is 0 Å². The quantitative estimate of drug-likeness (QED) is 0.911. The van der Waals surface area contributed by atoms with Gasteiger partial charge >= 0.3 is 0 Å². The SMILES string of the molecule is CNC(C)c1ccc(N(C)Cc2cscn2)cc1Cl. The molecule has 0 saturated heterocycles. The Morgan fingerprint density at radius 1 is 1.47 bits per heavy atom. The van der Waals surface area contributed by atoms with Crippen LogP contribution >= 0.6 is 22.9 Å². The minimum absolute atomic E-state index is 0.255. The molecule has 1 aromatic carbocycles. The van der Waals surface area contributed by atoms with Crippen molar-refractivity contribution >= 4 is 28.6 Å². The summed E-state index contributed by atoms with van der Waals surface area (Å²) in [4.78, 5) is 6.44. The average Bonchev–Trinajstić information content (AvgIpc) is 2.90. The molecule has 0 radical (unpaired) electrons. The summed E-state index contributed by atoms with van der Waals surface area (Å²) in [5.74, 6) is 0. The van der Waals surface area contributed by atoms with Gasteiger partial charge in [0.05, 0.1) is 17.7 Å². The number of nitrogens with zero attached hydrogens (tertiary/aromatic N) is 2. The summed E-state index contributed by atoms with van der Waals surface area (Å²) in [5, 5.41) is 6.06. The van der Waals surface area contributed by atoms with E-state index in [-0.39, 0.29) is 6.04 Å². The molecule has 0 amide bonds.